The van der Waals surface area contributed by atoms with Crippen LogP contribution in [0, 0.1) is 6.92 Å². The van der Waals surface area contributed by atoms with Crippen molar-refractivity contribution < 1.29 is 18.9 Å². The van der Waals surface area contributed by atoms with E-state index in [1.807, 2.05) is 25.1 Å². The first-order valence-electron chi connectivity index (χ1n) is 7.12. The van der Waals surface area contributed by atoms with E-state index in [-0.39, 0.29) is 5.71 Å². The highest BCUT2D eigenvalue weighted by Gasteiger charge is 2.56. The SMILES string of the molecule is Cc1ccc([S@+]([O-])C2C(c3ccccc3)=NOC2(O)CF)cc1. The molecule has 2 aromatic rings. The Labute approximate surface area is 136 Å². The molecule has 0 saturated carbocycles. The van der Waals surface area contributed by atoms with Crippen LogP contribution >= 0.6 is 0 Å². The zero-order valence-corrected chi connectivity index (χ0v) is 13.3. The van der Waals surface area contributed by atoms with E-state index < -0.39 is 28.9 Å². The average molecular weight is 333 g/mol. The first-order chi connectivity index (χ1) is 11.0. The van der Waals surface area contributed by atoms with Gasteiger partial charge in [0.15, 0.2) is 11.6 Å². The summed E-state index contributed by atoms with van der Waals surface area (Å²) in [4.78, 5) is 5.40. The first-order valence-corrected chi connectivity index (χ1v) is 8.33. The number of benzene rings is 2. The Hall–Kier alpha value is -1.89. The van der Waals surface area contributed by atoms with Crippen molar-refractivity contribution in [1.29, 1.82) is 0 Å². The molecule has 1 aliphatic heterocycles. The number of halogens is 1. The van der Waals surface area contributed by atoms with Crippen LogP contribution in [0.15, 0.2) is 64.6 Å². The third-order valence-corrected chi connectivity index (χ3v) is 5.44. The first kappa shape index (κ1) is 16.0. The van der Waals surface area contributed by atoms with Gasteiger partial charge in [0.1, 0.15) is 5.71 Å². The molecule has 1 aliphatic rings. The second kappa shape index (κ2) is 6.31. The average Bonchev–Trinajstić information content (AvgIpc) is 2.94. The minimum Gasteiger partial charge on any atom is -0.611 e. The van der Waals surface area contributed by atoms with Crippen molar-refractivity contribution >= 4 is 16.9 Å². The van der Waals surface area contributed by atoms with Crippen LogP contribution in [0.25, 0.3) is 0 Å². The summed E-state index contributed by atoms with van der Waals surface area (Å²) in [6, 6.07) is 15.9. The molecule has 0 bridgehead atoms. The predicted octanol–water partition coefficient (Wildman–Crippen LogP) is 2.56. The highest BCUT2D eigenvalue weighted by Crippen LogP contribution is 2.34. The van der Waals surface area contributed by atoms with Gasteiger partial charge < -0.3 is 14.5 Å². The van der Waals surface area contributed by atoms with Gasteiger partial charge in [-0.05, 0) is 19.1 Å². The van der Waals surface area contributed by atoms with Crippen LogP contribution in [0.4, 0.5) is 4.39 Å². The molecule has 0 aliphatic carbocycles. The van der Waals surface area contributed by atoms with Gasteiger partial charge in [-0.1, -0.05) is 53.2 Å². The number of aliphatic hydroxyl groups is 1. The van der Waals surface area contributed by atoms with E-state index in [0.29, 0.717) is 10.5 Å². The van der Waals surface area contributed by atoms with Gasteiger partial charge in [0, 0.05) is 16.7 Å². The van der Waals surface area contributed by atoms with Crippen molar-refractivity contribution in [2.24, 2.45) is 5.16 Å². The molecule has 0 aromatic heterocycles. The van der Waals surface area contributed by atoms with Crippen LogP contribution in [0.2, 0.25) is 0 Å². The third kappa shape index (κ3) is 2.97. The van der Waals surface area contributed by atoms with Crippen molar-refractivity contribution in [3.05, 3.63) is 65.7 Å². The molecule has 0 spiro atoms. The maximum absolute atomic E-state index is 13.4. The normalized spacial score (nSPS) is 24.9. The molecule has 1 N–H and O–H groups in total. The smallest absolute Gasteiger partial charge is 0.317 e. The molecule has 120 valence electrons. The van der Waals surface area contributed by atoms with Crippen molar-refractivity contribution in [2.45, 2.75) is 22.9 Å². The Bertz CT molecular complexity index is 708. The van der Waals surface area contributed by atoms with Crippen molar-refractivity contribution in [3.63, 3.8) is 0 Å². The highest BCUT2D eigenvalue weighted by atomic mass is 32.2. The molecule has 4 nitrogen and oxygen atoms in total. The summed E-state index contributed by atoms with van der Waals surface area (Å²) in [7, 11) is 0. The molecule has 2 unspecified atom stereocenters. The van der Waals surface area contributed by atoms with Crippen LogP contribution < -0.4 is 0 Å². The Morgan fingerprint density at radius 1 is 1.22 bits per heavy atom. The summed E-state index contributed by atoms with van der Waals surface area (Å²) in [5, 5.41) is 13.1. The zero-order chi connectivity index (χ0) is 16.4. The number of oxime groups is 1. The molecule has 3 rings (SSSR count). The zero-order valence-electron chi connectivity index (χ0n) is 12.5. The summed E-state index contributed by atoms with van der Waals surface area (Å²) in [5.74, 6) is -2.22. The summed E-state index contributed by atoms with van der Waals surface area (Å²) in [6.07, 6.45) is 0. The largest absolute Gasteiger partial charge is 0.611 e. The van der Waals surface area contributed by atoms with Crippen molar-refractivity contribution in [1.82, 2.24) is 0 Å². The maximum Gasteiger partial charge on any atom is 0.317 e. The lowest BCUT2D eigenvalue weighted by molar-refractivity contribution is -0.191. The topological polar surface area (TPSA) is 64.9 Å². The third-order valence-electron chi connectivity index (χ3n) is 3.69. The van der Waals surface area contributed by atoms with Crippen LogP contribution in [0.3, 0.4) is 0 Å². The lowest BCUT2D eigenvalue weighted by Crippen LogP contribution is -2.50. The van der Waals surface area contributed by atoms with E-state index in [4.69, 9.17) is 4.84 Å². The van der Waals surface area contributed by atoms with Gasteiger partial charge in [0.05, 0.1) is 0 Å². The lowest BCUT2D eigenvalue weighted by Gasteiger charge is -2.26. The maximum atomic E-state index is 13.4. The summed E-state index contributed by atoms with van der Waals surface area (Å²) in [5.41, 5.74) is 1.94. The quantitative estimate of drug-likeness (QED) is 0.875. The van der Waals surface area contributed by atoms with Crippen LogP contribution in [0.1, 0.15) is 11.1 Å². The molecular formula is C17H16FNO3S. The number of rotatable bonds is 4. The minimum atomic E-state index is -2.22. The van der Waals surface area contributed by atoms with Gasteiger partial charge in [0.2, 0.25) is 5.25 Å². The van der Waals surface area contributed by atoms with Gasteiger partial charge in [-0.2, -0.15) is 0 Å². The van der Waals surface area contributed by atoms with Crippen molar-refractivity contribution in [3.8, 4) is 0 Å². The number of nitrogens with zero attached hydrogens (tertiary/aromatic N) is 1. The Morgan fingerprint density at radius 3 is 2.48 bits per heavy atom. The summed E-state index contributed by atoms with van der Waals surface area (Å²) in [6.45, 7) is 0.718. The monoisotopic (exact) mass is 333 g/mol. The van der Waals surface area contributed by atoms with Gasteiger partial charge in [-0.3, -0.25) is 0 Å². The molecule has 0 radical (unpaired) electrons. The van der Waals surface area contributed by atoms with E-state index >= 15 is 0 Å². The van der Waals surface area contributed by atoms with Gasteiger partial charge in [0.25, 0.3) is 0 Å². The van der Waals surface area contributed by atoms with Gasteiger partial charge in [-0.15, -0.1) is 0 Å². The second-order valence-electron chi connectivity index (χ2n) is 5.40. The van der Waals surface area contributed by atoms with E-state index in [9.17, 15) is 14.0 Å². The Morgan fingerprint density at radius 2 is 1.87 bits per heavy atom. The standard InChI is InChI=1S/C17H16FNO3S/c1-12-7-9-14(10-8-12)23(21)16-15(13-5-3-2-4-6-13)19-22-17(16,20)11-18/h2-10,16,20H,11H2,1H3/t16?,17?,23-/m0/s1. The van der Waals surface area contributed by atoms with Crippen molar-refractivity contribution in [2.75, 3.05) is 6.67 Å². The Kier molecular flexibility index (Phi) is 4.39. The predicted molar refractivity (Wildman–Crippen MR) is 86.4 cm³/mol. The number of hydrogen-bond acceptors (Lipinski definition) is 4. The van der Waals surface area contributed by atoms with Crippen LogP contribution in [-0.2, 0) is 16.0 Å². The van der Waals surface area contributed by atoms with E-state index in [1.54, 1.807) is 36.4 Å². The molecule has 6 heteroatoms. The van der Waals surface area contributed by atoms with E-state index in [0.717, 1.165) is 5.56 Å². The van der Waals surface area contributed by atoms with Crippen LogP contribution in [0.5, 0.6) is 0 Å². The number of alkyl halides is 1. The molecule has 0 saturated heterocycles. The van der Waals surface area contributed by atoms with Gasteiger partial charge in [-0.25, -0.2) is 4.39 Å². The number of hydrogen-bond donors (Lipinski definition) is 1. The number of aryl methyl sites for hydroxylation is 1. The van der Waals surface area contributed by atoms with E-state index in [1.165, 1.54) is 0 Å². The fraction of sp³-hybridized carbons (Fsp3) is 0.235. The minimum absolute atomic E-state index is 0.282. The second-order valence-corrected chi connectivity index (χ2v) is 6.94. The van der Waals surface area contributed by atoms with Crippen LogP contribution in [-0.4, -0.2) is 33.1 Å². The summed E-state index contributed by atoms with van der Waals surface area (Å²) < 4.78 is 26.3. The molecule has 0 fully saturated rings. The van der Waals surface area contributed by atoms with Gasteiger partial charge >= 0.3 is 5.79 Å². The van der Waals surface area contributed by atoms with E-state index in [2.05, 4.69) is 5.16 Å². The summed E-state index contributed by atoms with van der Waals surface area (Å²) >= 11 is -1.71. The molecule has 1 heterocycles. The molecule has 0 amide bonds. The Balaban J connectivity index is 2.00. The molecular weight excluding hydrogens is 317 g/mol. The lowest BCUT2D eigenvalue weighted by atomic mass is 10.0. The fourth-order valence-corrected chi connectivity index (χ4v) is 3.92. The fourth-order valence-electron chi connectivity index (χ4n) is 2.42. The highest BCUT2D eigenvalue weighted by molar-refractivity contribution is 7.93. The molecule has 3 atom stereocenters. The molecule has 23 heavy (non-hydrogen) atoms. The molecule has 2 aromatic carbocycles.